The summed E-state index contributed by atoms with van der Waals surface area (Å²) < 4.78 is 20.6. The van der Waals surface area contributed by atoms with Crippen molar-refractivity contribution in [2.75, 3.05) is 11.1 Å². The number of para-hydroxylation sites is 1. The van der Waals surface area contributed by atoms with Gasteiger partial charge in [-0.2, -0.15) is 0 Å². The Morgan fingerprint density at radius 1 is 1.25 bits per heavy atom. The van der Waals surface area contributed by atoms with Crippen molar-refractivity contribution in [3.8, 4) is 5.75 Å². The lowest BCUT2D eigenvalue weighted by molar-refractivity contribution is -0.113. The normalized spacial score (nSPS) is 11.9. The van der Waals surface area contributed by atoms with Crippen molar-refractivity contribution in [1.82, 2.24) is 14.8 Å². The molecule has 1 atom stereocenters. The van der Waals surface area contributed by atoms with Crippen LogP contribution in [0.1, 0.15) is 18.9 Å². The van der Waals surface area contributed by atoms with Crippen LogP contribution in [-0.2, 0) is 11.8 Å². The van der Waals surface area contributed by atoms with E-state index in [1.807, 2.05) is 26.1 Å². The zero-order valence-corrected chi connectivity index (χ0v) is 16.8. The SMILES string of the molecule is C[C@@H](Oc1ccccc1Cl)c1nnc(SCC(=O)Nc2ccc(F)cc2)n1C. The second kappa shape index (κ2) is 9.07. The minimum Gasteiger partial charge on any atom is -0.481 e. The number of benzene rings is 2. The lowest BCUT2D eigenvalue weighted by Gasteiger charge is -2.15. The van der Waals surface area contributed by atoms with Crippen LogP contribution in [0.4, 0.5) is 10.1 Å². The lowest BCUT2D eigenvalue weighted by atomic mass is 10.3. The van der Waals surface area contributed by atoms with Crippen LogP contribution in [-0.4, -0.2) is 26.4 Å². The Hall–Kier alpha value is -2.58. The van der Waals surface area contributed by atoms with Gasteiger partial charge in [-0.25, -0.2) is 4.39 Å². The van der Waals surface area contributed by atoms with Gasteiger partial charge in [-0.05, 0) is 43.3 Å². The minimum atomic E-state index is -0.375. The van der Waals surface area contributed by atoms with Crippen molar-refractivity contribution in [3.63, 3.8) is 0 Å². The van der Waals surface area contributed by atoms with E-state index >= 15 is 0 Å². The number of nitrogens with one attached hydrogen (secondary N) is 1. The van der Waals surface area contributed by atoms with Crippen LogP contribution in [0, 0.1) is 5.82 Å². The molecule has 1 amide bonds. The summed E-state index contributed by atoms with van der Waals surface area (Å²) in [5, 5.41) is 12.1. The first kappa shape index (κ1) is 20.2. The minimum absolute atomic E-state index is 0.142. The Labute approximate surface area is 171 Å². The zero-order chi connectivity index (χ0) is 20.1. The number of hydrogen-bond acceptors (Lipinski definition) is 5. The molecular formula is C19H18ClFN4O2S. The summed E-state index contributed by atoms with van der Waals surface area (Å²) in [5.41, 5.74) is 0.535. The monoisotopic (exact) mass is 420 g/mol. The van der Waals surface area contributed by atoms with Gasteiger partial charge in [-0.1, -0.05) is 35.5 Å². The number of hydrogen-bond donors (Lipinski definition) is 1. The molecule has 146 valence electrons. The highest BCUT2D eigenvalue weighted by atomic mass is 35.5. The fourth-order valence-corrected chi connectivity index (χ4v) is 3.35. The van der Waals surface area contributed by atoms with Gasteiger partial charge in [0.1, 0.15) is 11.6 Å². The summed E-state index contributed by atoms with van der Waals surface area (Å²) in [6.07, 6.45) is -0.375. The molecule has 0 unspecified atom stereocenters. The second-order valence-electron chi connectivity index (χ2n) is 5.93. The number of carbonyl (C=O) groups excluding carboxylic acids is 1. The molecule has 0 aliphatic rings. The molecular weight excluding hydrogens is 403 g/mol. The van der Waals surface area contributed by atoms with Gasteiger partial charge in [0.2, 0.25) is 5.91 Å². The third kappa shape index (κ3) is 5.02. The molecule has 1 heterocycles. The summed E-state index contributed by atoms with van der Waals surface area (Å²) in [6.45, 7) is 1.85. The van der Waals surface area contributed by atoms with Gasteiger partial charge in [0.25, 0.3) is 0 Å². The predicted octanol–water partition coefficient (Wildman–Crippen LogP) is 4.48. The summed E-state index contributed by atoms with van der Waals surface area (Å²) in [5.74, 6) is 0.742. The Morgan fingerprint density at radius 3 is 2.68 bits per heavy atom. The predicted molar refractivity (Wildman–Crippen MR) is 107 cm³/mol. The first-order valence-corrected chi connectivity index (χ1v) is 9.79. The number of anilines is 1. The summed E-state index contributed by atoms with van der Waals surface area (Å²) in [7, 11) is 1.81. The molecule has 3 aromatic rings. The van der Waals surface area contributed by atoms with Crippen molar-refractivity contribution in [2.45, 2.75) is 18.2 Å². The smallest absolute Gasteiger partial charge is 0.234 e. The molecule has 3 rings (SSSR count). The maximum atomic E-state index is 12.9. The van der Waals surface area contributed by atoms with E-state index in [0.29, 0.717) is 27.4 Å². The highest BCUT2D eigenvalue weighted by Crippen LogP contribution is 2.29. The number of ether oxygens (including phenoxy) is 1. The first-order valence-electron chi connectivity index (χ1n) is 8.42. The number of amides is 1. The maximum absolute atomic E-state index is 12.9. The van der Waals surface area contributed by atoms with Crippen LogP contribution in [0.25, 0.3) is 0 Å². The van der Waals surface area contributed by atoms with Crippen LogP contribution in [0.2, 0.25) is 5.02 Å². The fraction of sp³-hybridized carbons (Fsp3) is 0.211. The molecule has 6 nitrogen and oxygen atoms in total. The summed E-state index contributed by atoms with van der Waals surface area (Å²) in [4.78, 5) is 12.1. The Morgan fingerprint density at radius 2 is 1.96 bits per heavy atom. The molecule has 1 aromatic heterocycles. The van der Waals surface area contributed by atoms with Crippen molar-refractivity contribution in [2.24, 2.45) is 7.05 Å². The van der Waals surface area contributed by atoms with E-state index in [4.69, 9.17) is 16.3 Å². The molecule has 0 bridgehead atoms. The molecule has 0 spiro atoms. The van der Waals surface area contributed by atoms with E-state index in [-0.39, 0.29) is 23.6 Å². The Bertz CT molecular complexity index is 965. The van der Waals surface area contributed by atoms with E-state index in [0.717, 1.165) is 0 Å². The third-order valence-corrected chi connectivity index (χ3v) is 5.17. The van der Waals surface area contributed by atoms with Gasteiger partial charge in [-0.15, -0.1) is 10.2 Å². The van der Waals surface area contributed by atoms with Crippen LogP contribution in [0.5, 0.6) is 5.75 Å². The molecule has 0 fully saturated rings. The molecule has 1 N–H and O–H groups in total. The largest absolute Gasteiger partial charge is 0.481 e. The average Bonchev–Trinajstić information content (AvgIpc) is 3.04. The van der Waals surface area contributed by atoms with Gasteiger partial charge in [0, 0.05) is 12.7 Å². The van der Waals surface area contributed by atoms with E-state index < -0.39 is 0 Å². The fourth-order valence-electron chi connectivity index (χ4n) is 2.45. The van der Waals surface area contributed by atoms with E-state index in [1.54, 1.807) is 16.7 Å². The van der Waals surface area contributed by atoms with E-state index in [1.165, 1.54) is 36.0 Å². The topological polar surface area (TPSA) is 69.0 Å². The van der Waals surface area contributed by atoms with Crippen LogP contribution in [0.15, 0.2) is 53.7 Å². The van der Waals surface area contributed by atoms with Crippen LogP contribution in [0.3, 0.4) is 0 Å². The van der Waals surface area contributed by atoms with E-state index in [9.17, 15) is 9.18 Å². The van der Waals surface area contributed by atoms with Gasteiger partial charge in [-0.3, -0.25) is 4.79 Å². The lowest BCUT2D eigenvalue weighted by Crippen LogP contribution is -2.15. The van der Waals surface area contributed by atoms with Gasteiger partial charge in [0.05, 0.1) is 10.8 Å². The molecule has 9 heteroatoms. The number of aromatic nitrogens is 3. The molecule has 0 aliphatic carbocycles. The summed E-state index contributed by atoms with van der Waals surface area (Å²) in [6, 6.07) is 12.8. The maximum Gasteiger partial charge on any atom is 0.234 e. The molecule has 2 aromatic carbocycles. The van der Waals surface area contributed by atoms with Crippen LogP contribution >= 0.6 is 23.4 Å². The number of rotatable bonds is 7. The highest BCUT2D eigenvalue weighted by Gasteiger charge is 2.19. The van der Waals surface area contributed by atoms with Crippen molar-refractivity contribution < 1.29 is 13.9 Å². The Balaban J connectivity index is 1.58. The molecule has 0 radical (unpaired) electrons. The Kier molecular flexibility index (Phi) is 6.53. The number of carbonyl (C=O) groups is 1. The van der Waals surface area contributed by atoms with Crippen LogP contribution < -0.4 is 10.1 Å². The standard InChI is InChI=1S/C19H18ClFN4O2S/c1-12(27-16-6-4-3-5-15(16)20)18-23-24-19(25(18)2)28-11-17(26)22-14-9-7-13(21)8-10-14/h3-10,12H,11H2,1-2H3,(H,22,26)/t12-/m1/s1. The molecule has 0 saturated carbocycles. The van der Waals surface area contributed by atoms with Gasteiger partial charge < -0.3 is 14.6 Å². The molecule has 0 aliphatic heterocycles. The number of nitrogens with zero attached hydrogens (tertiary/aromatic N) is 3. The third-order valence-electron chi connectivity index (χ3n) is 3.83. The van der Waals surface area contributed by atoms with Crippen molar-refractivity contribution in [1.29, 1.82) is 0 Å². The highest BCUT2D eigenvalue weighted by molar-refractivity contribution is 7.99. The summed E-state index contributed by atoms with van der Waals surface area (Å²) >= 11 is 7.37. The quantitative estimate of drug-likeness (QED) is 0.571. The average molecular weight is 421 g/mol. The first-order chi connectivity index (χ1) is 13.4. The number of thioether (sulfide) groups is 1. The molecule has 28 heavy (non-hydrogen) atoms. The zero-order valence-electron chi connectivity index (χ0n) is 15.2. The second-order valence-corrected chi connectivity index (χ2v) is 7.28. The van der Waals surface area contributed by atoms with E-state index in [2.05, 4.69) is 15.5 Å². The number of halogens is 2. The van der Waals surface area contributed by atoms with Crippen molar-refractivity contribution in [3.05, 3.63) is 65.2 Å². The van der Waals surface area contributed by atoms with Crippen molar-refractivity contribution >= 4 is 35.0 Å². The van der Waals surface area contributed by atoms with Gasteiger partial charge in [0.15, 0.2) is 17.1 Å². The van der Waals surface area contributed by atoms with Gasteiger partial charge >= 0.3 is 0 Å². The molecule has 0 saturated heterocycles.